The number of nitrogens with two attached hydrogens (primary N) is 1. The van der Waals surface area contributed by atoms with Crippen LogP contribution in [0.25, 0.3) is 10.9 Å². The Balaban J connectivity index is 2.03. The zero-order valence-electron chi connectivity index (χ0n) is 12.5. The smallest absolute Gasteiger partial charge is 0.244 e. The minimum atomic E-state index is -0.811. The minimum Gasteiger partial charge on any atom is -0.368 e. The number of amides is 1. The summed E-state index contributed by atoms with van der Waals surface area (Å²) < 4.78 is 13.1. The van der Waals surface area contributed by atoms with Gasteiger partial charge in [0.25, 0.3) is 0 Å². The molecule has 0 aliphatic carbocycles. The zero-order valence-corrected chi connectivity index (χ0v) is 12.5. The molecule has 1 atom stereocenters. The monoisotopic (exact) mass is 310 g/mol. The number of hydrogen-bond donors (Lipinski definition) is 2. The predicted molar refractivity (Wildman–Crippen MR) is 86.2 cm³/mol. The first-order chi connectivity index (χ1) is 11.1. The number of halogens is 1. The molecular formula is C17H15FN4O. The van der Waals surface area contributed by atoms with Gasteiger partial charge in [0.2, 0.25) is 5.91 Å². The lowest BCUT2D eigenvalue weighted by Gasteiger charge is -2.17. The van der Waals surface area contributed by atoms with E-state index in [9.17, 15) is 9.18 Å². The molecule has 0 bridgehead atoms. The normalized spacial score (nSPS) is 12.1. The lowest BCUT2D eigenvalue weighted by atomic mass is 10.1. The maximum atomic E-state index is 13.1. The summed E-state index contributed by atoms with van der Waals surface area (Å²) in [6.07, 6.45) is 1.43. The summed E-state index contributed by atoms with van der Waals surface area (Å²) in [7, 11) is 0. The topological polar surface area (TPSA) is 80.9 Å². The lowest BCUT2D eigenvalue weighted by Crippen LogP contribution is -2.28. The number of primary amides is 1. The van der Waals surface area contributed by atoms with Crippen molar-refractivity contribution in [2.45, 2.75) is 13.0 Å². The third kappa shape index (κ3) is 2.96. The van der Waals surface area contributed by atoms with E-state index in [4.69, 9.17) is 5.73 Å². The van der Waals surface area contributed by atoms with Crippen molar-refractivity contribution < 1.29 is 9.18 Å². The SMILES string of the molecule is Cc1cccc2c(NC(C(N)=O)c3ccc(F)cc3)ncnc12. The van der Waals surface area contributed by atoms with Crippen molar-refractivity contribution >= 4 is 22.6 Å². The standard InChI is InChI=1S/C17H15FN4O/c1-10-3-2-4-13-14(10)20-9-21-17(13)22-15(16(19)23)11-5-7-12(18)8-6-11/h2-9,15H,1H3,(H2,19,23)(H,20,21,22). The Labute approximate surface area is 132 Å². The molecule has 0 radical (unpaired) electrons. The highest BCUT2D eigenvalue weighted by molar-refractivity contribution is 5.93. The van der Waals surface area contributed by atoms with Crippen LogP contribution in [-0.2, 0) is 4.79 Å². The molecule has 1 unspecified atom stereocenters. The van der Waals surface area contributed by atoms with Crippen molar-refractivity contribution in [3.05, 3.63) is 65.7 Å². The number of benzene rings is 2. The Kier molecular flexibility index (Phi) is 3.89. The van der Waals surface area contributed by atoms with Crippen LogP contribution in [0.5, 0.6) is 0 Å². The van der Waals surface area contributed by atoms with E-state index in [0.717, 1.165) is 16.5 Å². The molecule has 0 saturated heterocycles. The molecule has 6 heteroatoms. The number of carbonyl (C=O) groups is 1. The summed E-state index contributed by atoms with van der Waals surface area (Å²) in [5.74, 6) is -0.442. The van der Waals surface area contributed by atoms with Gasteiger partial charge in [0, 0.05) is 5.39 Å². The molecule has 0 aliphatic heterocycles. The van der Waals surface area contributed by atoms with Crippen molar-refractivity contribution in [2.24, 2.45) is 5.73 Å². The average molecular weight is 310 g/mol. The number of aryl methyl sites for hydroxylation is 1. The van der Waals surface area contributed by atoms with Crippen LogP contribution in [0.15, 0.2) is 48.8 Å². The van der Waals surface area contributed by atoms with Crippen LogP contribution in [-0.4, -0.2) is 15.9 Å². The van der Waals surface area contributed by atoms with Crippen LogP contribution >= 0.6 is 0 Å². The van der Waals surface area contributed by atoms with Gasteiger partial charge in [-0.1, -0.05) is 24.3 Å². The van der Waals surface area contributed by atoms with Gasteiger partial charge in [-0.15, -0.1) is 0 Å². The Bertz CT molecular complexity index is 864. The van der Waals surface area contributed by atoms with Crippen LogP contribution in [0.3, 0.4) is 0 Å². The maximum absolute atomic E-state index is 13.1. The third-order valence-electron chi connectivity index (χ3n) is 3.64. The molecule has 0 saturated carbocycles. The third-order valence-corrected chi connectivity index (χ3v) is 3.64. The number of nitrogens with one attached hydrogen (secondary N) is 1. The molecule has 116 valence electrons. The van der Waals surface area contributed by atoms with E-state index in [1.165, 1.54) is 30.6 Å². The molecule has 3 aromatic rings. The summed E-state index contributed by atoms with van der Waals surface area (Å²) in [6, 6.07) is 10.5. The lowest BCUT2D eigenvalue weighted by molar-refractivity contribution is -0.118. The van der Waals surface area contributed by atoms with Gasteiger partial charge in [0.1, 0.15) is 24.0 Å². The number of aromatic nitrogens is 2. The molecule has 23 heavy (non-hydrogen) atoms. The van der Waals surface area contributed by atoms with Gasteiger partial charge in [-0.2, -0.15) is 0 Å². The second kappa shape index (κ2) is 6.00. The zero-order chi connectivity index (χ0) is 16.4. The first-order valence-electron chi connectivity index (χ1n) is 7.08. The molecule has 3 N–H and O–H groups in total. The van der Waals surface area contributed by atoms with Crippen molar-refractivity contribution in [3.63, 3.8) is 0 Å². The molecule has 5 nitrogen and oxygen atoms in total. The predicted octanol–water partition coefficient (Wildman–Crippen LogP) is 2.72. The maximum Gasteiger partial charge on any atom is 0.244 e. The number of nitrogens with zero attached hydrogens (tertiary/aromatic N) is 2. The van der Waals surface area contributed by atoms with Gasteiger partial charge in [-0.3, -0.25) is 4.79 Å². The summed E-state index contributed by atoms with van der Waals surface area (Å²) in [5.41, 5.74) is 7.86. The highest BCUT2D eigenvalue weighted by Gasteiger charge is 2.19. The van der Waals surface area contributed by atoms with E-state index >= 15 is 0 Å². The number of para-hydroxylation sites is 1. The summed E-state index contributed by atoms with van der Waals surface area (Å²) in [5, 5.41) is 3.83. The van der Waals surface area contributed by atoms with E-state index < -0.39 is 11.9 Å². The Morgan fingerprint density at radius 1 is 1.17 bits per heavy atom. The van der Waals surface area contributed by atoms with Crippen molar-refractivity contribution in [1.82, 2.24) is 9.97 Å². The van der Waals surface area contributed by atoms with Crippen LogP contribution in [0.4, 0.5) is 10.2 Å². The van der Waals surface area contributed by atoms with Crippen LogP contribution in [0, 0.1) is 12.7 Å². The largest absolute Gasteiger partial charge is 0.368 e. The van der Waals surface area contributed by atoms with Crippen LogP contribution in [0.1, 0.15) is 17.2 Å². The molecule has 0 aliphatic rings. The van der Waals surface area contributed by atoms with Gasteiger partial charge >= 0.3 is 0 Å². The van der Waals surface area contributed by atoms with Crippen molar-refractivity contribution in [2.75, 3.05) is 5.32 Å². The number of rotatable bonds is 4. The van der Waals surface area contributed by atoms with Gasteiger partial charge in [0.15, 0.2) is 0 Å². The van der Waals surface area contributed by atoms with Gasteiger partial charge in [-0.25, -0.2) is 14.4 Å². The molecule has 1 aromatic heterocycles. The fourth-order valence-corrected chi connectivity index (χ4v) is 2.46. The number of carbonyl (C=O) groups excluding carboxylic acids is 1. The second-order valence-corrected chi connectivity index (χ2v) is 5.22. The fraction of sp³-hybridized carbons (Fsp3) is 0.118. The van der Waals surface area contributed by atoms with E-state index in [1.54, 1.807) is 0 Å². The Morgan fingerprint density at radius 2 is 1.91 bits per heavy atom. The first kappa shape index (κ1) is 14.9. The summed E-state index contributed by atoms with van der Waals surface area (Å²) >= 11 is 0. The van der Waals surface area contributed by atoms with Crippen molar-refractivity contribution in [1.29, 1.82) is 0 Å². The molecular weight excluding hydrogens is 295 g/mol. The molecule has 3 rings (SSSR count). The Morgan fingerprint density at radius 3 is 2.61 bits per heavy atom. The van der Waals surface area contributed by atoms with E-state index in [1.807, 2.05) is 25.1 Å². The first-order valence-corrected chi connectivity index (χ1v) is 7.08. The molecule has 2 aromatic carbocycles. The van der Waals surface area contributed by atoms with Crippen LogP contribution < -0.4 is 11.1 Å². The molecule has 0 spiro atoms. The molecule has 1 amide bonds. The quantitative estimate of drug-likeness (QED) is 0.776. The van der Waals surface area contributed by atoms with E-state index in [0.29, 0.717) is 11.4 Å². The average Bonchev–Trinajstić information content (AvgIpc) is 2.54. The van der Waals surface area contributed by atoms with Crippen LogP contribution in [0.2, 0.25) is 0 Å². The Hall–Kier alpha value is -3.02. The molecule has 0 fully saturated rings. The highest BCUT2D eigenvalue weighted by Crippen LogP contribution is 2.25. The second-order valence-electron chi connectivity index (χ2n) is 5.22. The minimum absolute atomic E-state index is 0.375. The van der Waals surface area contributed by atoms with Gasteiger partial charge < -0.3 is 11.1 Å². The summed E-state index contributed by atoms with van der Waals surface area (Å²) in [6.45, 7) is 1.95. The fourth-order valence-electron chi connectivity index (χ4n) is 2.46. The number of fused-ring (bicyclic) bond motifs is 1. The highest BCUT2D eigenvalue weighted by atomic mass is 19.1. The van der Waals surface area contributed by atoms with Gasteiger partial charge in [-0.05, 0) is 36.2 Å². The number of hydrogen-bond acceptors (Lipinski definition) is 4. The summed E-state index contributed by atoms with van der Waals surface area (Å²) in [4.78, 5) is 20.3. The molecule has 1 heterocycles. The number of anilines is 1. The van der Waals surface area contributed by atoms with Crippen molar-refractivity contribution in [3.8, 4) is 0 Å². The van der Waals surface area contributed by atoms with E-state index in [-0.39, 0.29) is 5.82 Å². The van der Waals surface area contributed by atoms with E-state index in [2.05, 4.69) is 15.3 Å². The van der Waals surface area contributed by atoms with Gasteiger partial charge in [0.05, 0.1) is 5.52 Å².